The Hall–Kier alpha value is -0.520. The number of hydrogen-bond acceptors (Lipinski definition) is 3. The van der Waals surface area contributed by atoms with E-state index in [1.165, 1.54) is 0 Å². The minimum absolute atomic E-state index is 0.279. The summed E-state index contributed by atoms with van der Waals surface area (Å²) < 4.78 is 14.7. The van der Waals surface area contributed by atoms with E-state index >= 15 is 0 Å². The van der Waals surface area contributed by atoms with Gasteiger partial charge in [0.15, 0.2) is 0 Å². The van der Waals surface area contributed by atoms with Crippen molar-refractivity contribution >= 4 is 45.5 Å². The average Bonchev–Trinajstić information content (AvgIpc) is 2.38. The Kier molecular flexibility index (Phi) is 5.38. The molecule has 1 aromatic carbocycles. The number of hydrogen-bond donors (Lipinski definition) is 1. The summed E-state index contributed by atoms with van der Waals surface area (Å²) in [6.07, 6.45) is 0.663. The Morgan fingerprint density at radius 2 is 1.95 bits per heavy atom. The minimum Gasteiger partial charge on any atom is -0.598 e. The molecule has 0 aliphatic carbocycles. The van der Waals surface area contributed by atoms with Crippen LogP contribution in [0.4, 0.5) is 0 Å². The van der Waals surface area contributed by atoms with Crippen LogP contribution in [0.2, 0.25) is 10.2 Å². The summed E-state index contributed by atoms with van der Waals surface area (Å²) in [5.74, 6) is 0. The zero-order valence-electron chi connectivity index (χ0n) is 12.2. The van der Waals surface area contributed by atoms with Crippen LogP contribution < -0.4 is 4.72 Å². The summed E-state index contributed by atoms with van der Waals surface area (Å²) in [4.78, 5) is 4.37. The van der Waals surface area contributed by atoms with Crippen LogP contribution in [-0.2, 0) is 17.8 Å². The molecule has 0 radical (unpaired) electrons. The molecular formula is C15H18Cl2N2OS. The van der Waals surface area contributed by atoms with Gasteiger partial charge in [-0.1, -0.05) is 23.2 Å². The molecule has 0 amide bonds. The van der Waals surface area contributed by atoms with Gasteiger partial charge in [0.1, 0.15) is 9.90 Å². The standard InChI is InChI=1S/C15H18Cl2N2OS/c1-15(2,3)21(20)18-7-6-10-8-11-9-12(16)4-5-13(11)19-14(10)17/h4-5,8-9,18H,6-7H2,1-3H3. The Balaban J connectivity index is 2.10. The van der Waals surface area contributed by atoms with E-state index in [2.05, 4.69) is 9.71 Å². The van der Waals surface area contributed by atoms with Crippen molar-refractivity contribution in [3.05, 3.63) is 40.0 Å². The van der Waals surface area contributed by atoms with Crippen LogP contribution >= 0.6 is 23.2 Å². The molecule has 0 saturated heterocycles. The maximum Gasteiger partial charge on any atom is 0.136 e. The molecule has 1 N–H and O–H groups in total. The number of halogens is 2. The molecule has 1 heterocycles. The van der Waals surface area contributed by atoms with Crippen LogP contribution in [0.15, 0.2) is 24.3 Å². The Morgan fingerprint density at radius 1 is 1.24 bits per heavy atom. The van der Waals surface area contributed by atoms with Gasteiger partial charge in [0, 0.05) is 28.3 Å². The molecule has 114 valence electrons. The van der Waals surface area contributed by atoms with Crippen molar-refractivity contribution in [1.82, 2.24) is 9.71 Å². The molecule has 1 aromatic heterocycles. The van der Waals surface area contributed by atoms with Crippen molar-refractivity contribution in [1.29, 1.82) is 0 Å². The quantitative estimate of drug-likeness (QED) is 0.669. The fourth-order valence-corrected chi connectivity index (χ4v) is 2.98. The van der Waals surface area contributed by atoms with E-state index in [9.17, 15) is 4.55 Å². The lowest BCUT2D eigenvalue weighted by molar-refractivity contribution is 0.544. The van der Waals surface area contributed by atoms with Gasteiger partial charge in [0.05, 0.1) is 5.52 Å². The number of nitrogens with one attached hydrogen (secondary N) is 1. The molecule has 0 aliphatic heterocycles. The molecule has 1 unspecified atom stereocenters. The smallest absolute Gasteiger partial charge is 0.136 e. The summed E-state index contributed by atoms with van der Waals surface area (Å²) >= 11 is 11.1. The summed E-state index contributed by atoms with van der Waals surface area (Å²) in [6.45, 7) is 6.38. The number of nitrogens with zero attached hydrogens (tertiary/aromatic N) is 1. The Labute approximate surface area is 138 Å². The van der Waals surface area contributed by atoms with E-state index in [0.29, 0.717) is 23.1 Å². The molecule has 0 saturated carbocycles. The molecular weight excluding hydrogens is 327 g/mol. The fourth-order valence-electron chi connectivity index (χ4n) is 1.84. The van der Waals surface area contributed by atoms with E-state index in [0.717, 1.165) is 16.5 Å². The van der Waals surface area contributed by atoms with Crippen molar-refractivity contribution in [2.45, 2.75) is 31.9 Å². The van der Waals surface area contributed by atoms with E-state index in [4.69, 9.17) is 23.2 Å². The van der Waals surface area contributed by atoms with Gasteiger partial charge in [-0.05, 0) is 57.0 Å². The van der Waals surface area contributed by atoms with Gasteiger partial charge in [0.2, 0.25) is 0 Å². The second-order valence-corrected chi connectivity index (χ2v) is 8.65. The first-order chi connectivity index (χ1) is 9.77. The molecule has 2 rings (SSSR count). The number of fused-ring (bicyclic) bond motifs is 1. The van der Waals surface area contributed by atoms with Crippen LogP contribution in [0, 0.1) is 0 Å². The summed E-state index contributed by atoms with van der Waals surface area (Å²) in [5.41, 5.74) is 1.74. The molecule has 0 bridgehead atoms. The van der Waals surface area contributed by atoms with Gasteiger partial charge >= 0.3 is 0 Å². The van der Waals surface area contributed by atoms with E-state index in [1.807, 2.05) is 39.0 Å². The monoisotopic (exact) mass is 344 g/mol. The van der Waals surface area contributed by atoms with Gasteiger partial charge in [-0.2, -0.15) is 0 Å². The Bertz CT molecular complexity index is 643. The highest BCUT2D eigenvalue weighted by Crippen LogP contribution is 2.23. The van der Waals surface area contributed by atoms with Crippen LogP contribution in [0.1, 0.15) is 26.3 Å². The topological polar surface area (TPSA) is 48.0 Å². The normalized spacial score (nSPS) is 13.6. The number of benzene rings is 1. The van der Waals surface area contributed by atoms with E-state index in [1.54, 1.807) is 6.07 Å². The Morgan fingerprint density at radius 3 is 2.62 bits per heavy atom. The molecule has 6 heteroatoms. The molecule has 0 spiro atoms. The summed E-state index contributed by atoms with van der Waals surface area (Å²) in [5, 5.41) is 2.11. The average molecular weight is 345 g/mol. The third kappa shape index (κ3) is 4.47. The van der Waals surface area contributed by atoms with Crippen LogP contribution in [0.25, 0.3) is 10.9 Å². The van der Waals surface area contributed by atoms with Crippen LogP contribution in [-0.4, -0.2) is 20.8 Å². The van der Waals surface area contributed by atoms with Gasteiger partial charge in [0.25, 0.3) is 0 Å². The zero-order valence-corrected chi connectivity index (χ0v) is 14.6. The third-order valence-corrected chi connectivity index (χ3v) is 5.13. The lowest BCUT2D eigenvalue weighted by Gasteiger charge is -2.23. The van der Waals surface area contributed by atoms with Crippen LogP contribution in [0.3, 0.4) is 0 Å². The molecule has 0 fully saturated rings. The number of aromatic nitrogens is 1. The van der Waals surface area contributed by atoms with Crippen molar-refractivity contribution < 1.29 is 4.55 Å². The second kappa shape index (κ2) is 6.71. The number of rotatable bonds is 4. The first-order valence-electron chi connectivity index (χ1n) is 6.67. The van der Waals surface area contributed by atoms with Gasteiger partial charge in [-0.3, -0.25) is 0 Å². The molecule has 3 nitrogen and oxygen atoms in total. The van der Waals surface area contributed by atoms with Crippen LogP contribution in [0.5, 0.6) is 0 Å². The highest BCUT2D eigenvalue weighted by molar-refractivity contribution is 7.90. The highest BCUT2D eigenvalue weighted by atomic mass is 35.5. The lowest BCUT2D eigenvalue weighted by atomic mass is 10.1. The number of pyridine rings is 1. The van der Waals surface area contributed by atoms with Crippen molar-refractivity contribution in [2.24, 2.45) is 0 Å². The molecule has 2 aromatic rings. The maximum atomic E-state index is 11.9. The summed E-state index contributed by atoms with van der Waals surface area (Å²) in [7, 11) is 0. The van der Waals surface area contributed by atoms with E-state index in [-0.39, 0.29) is 4.75 Å². The predicted molar refractivity (Wildman–Crippen MR) is 91.4 cm³/mol. The SMILES string of the molecule is CC(C)(C)[S+]([O-])NCCc1cc2cc(Cl)ccc2nc1Cl. The van der Waals surface area contributed by atoms with Crippen molar-refractivity contribution in [3.8, 4) is 0 Å². The highest BCUT2D eigenvalue weighted by Gasteiger charge is 2.25. The molecule has 21 heavy (non-hydrogen) atoms. The molecule has 0 aliphatic rings. The van der Waals surface area contributed by atoms with Gasteiger partial charge < -0.3 is 4.55 Å². The zero-order chi connectivity index (χ0) is 15.6. The third-order valence-electron chi connectivity index (χ3n) is 2.99. The van der Waals surface area contributed by atoms with Crippen molar-refractivity contribution in [2.75, 3.05) is 6.54 Å². The summed E-state index contributed by atoms with van der Waals surface area (Å²) in [6, 6.07) is 7.49. The first kappa shape index (κ1) is 16.8. The predicted octanol–water partition coefficient (Wildman–Crippen LogP) is 4.14. The first-order valence-corrected chi connectivity index (χ1v) is 8.58. The van der Waals surface area contributed by atoms with Gasteiger partial charge in [-0.25, -0.2) is 4.98 Å². The second-order valence-electron chi connectivity index (χ2n) is 5.80. The van der Waals surface area contributed by atoms with Gasteiger partial charge in [-0.15, -0.1) is 4.72 Å². The lowest BCUT2D eigenvalue weighted by Crippen LogP contribution is -2.40. The largest absolute Gasteiger partial charge is 0.598 e. The van der Waals surface area contributed by atoms with Crippen molar-refractivity contribution in [3.63, 3.8) is 0 Å². The minimum atomic E-state index is -1.08. The van der Waals surface area contributed by atoms with E-state index < -0.39 is 11.4 Å². The maximum absolute atomic E-state index is 11.9. The molecule has 1 atom stereocenters. The fraction of sp³-hybridized carbons (Fsp3) is 0.400.